The molecule has 1 atom stereocenters. The molecule has 7 heteroatoms. The highest BCUT2D eigenvalue weighted by Gasteiger charge is 2.47. The molecule has 0 bridgehead atoms. The maximum Gasteiger partial charge on any atom is 0.241 e. The molecule has 35 heavy (non-hydrogen) atoms. The first-order valence-electron chi connectivity index (χ1n) is 11.8. The van der Waals surface area contributed by atoms with Crippen LogP contribution in [0.25, 0.3) is 22.3 Å². The second-order valence-electron chi connectivity index (χ2n) is 9.04. The lowest BCUT2D eigenvalue weighted by Crippen LogP contribution is -2.56. The summed E-state index contributed by atoms with van der Waals surface area (Å²) in [5, 5.41) is 12.2. The summed E-state index contributed by atoms with van der Waals surface area (Å²) >= 11 is 0. The number of piperidine rings is 1. The van der Waals surface area contributed by atoms with Crippen LogP contribution in [0.2, 0.25) is 0 Å². The fourth-order valence-electron chi connectivity index (χ4n) is 5.50. The number of carbonyl (C=O) groups excluding carboxylic acids is 1. The number of hydrogen-bond acceptors (Lipinski definition) is 6. The highest BCUT2D eigenvalue weighted by molar-refractivity contribution is 5.82. The molecule has 3 heterocycles. The van der Waals surface area contributed by atoms with Crippen LogP contribution in [0, 0.1) is 0 Å². The Bertz CT molecular complexity index is 1400. The normalized spacial score (nSPS) is 18.0. The molecule has 0 aliphatic carbocycles. The number of nitrogens with zero attached hydrogens (tertiary/aromatic N) is 4. The number of rotatable bonds is 6. The van der Waals surface area contributed by atoms with Crippen molar-refractivity contribution in [1.29, 1.82) is 0 Å². The molecule has 1 saturated heterocycles. The van der Waals surface area contributed by atoms with Gasteiger partial charge < -0.3 is 9.32 Å². The zero-order valence-electron chi connectivity index (χ0n) is 19.2. The van der Waals surface area contributed by atoms with E-state index in [9.17, 15) is 4.79 Å². The van der Waals surface area contributed by atoms with Gasteiger partial charge in [0.05, 0.1) is 24.3 Å². The van der Waals surface area contributed by atoms with Crippen molar-refractivity contribution in [2.75, 3.05) is 6.54 Å². The van der Waals surface area contributed by atoms with Crippen molar-refractivity contribution in [3.05, 3.63) is 102 Å². The van der Waals surface area contributed by atoms with E-state index < -0.39 is 5.41 Å². The van der Waals surface area contributed by atoms with E-state index in [1.165, 1.54) is 0 Å². The summed E-state index contributed by atoms with van der Waals surface area (Å²) in [6.07, 6.45) is 4.70. The minimum atomic E-state index is -0.447. The van der Waals surface area contributed by atoms with Crippen LogP contribution in [0.1, 0.15) is 29.9 Å². The molecule has 0 spiro atoms. The van der Waals surface area contributed by atoms with Gasteiger partial charge >= 0.3 is 0 Å². The number of aromatic amines is 1. The van der Waals surface area contributed by atoms with Crippen molar-refractivity contribution in [2.24, 2.45) is 0 Å². The maximum absolute atomic E-state index is 12.7. The van der Waals surface area contributed by atoms with Gasteiger partial charge in [0.2, 0.25) is 11.7 Å². The Morgan fingerprint density at radius 1 is 1.03 bits per heavy atom. The van der Waals surface area contributed by atoms with Gasteiger partial charge in [-0.15, -0.1) is 0 Å². The molecule has 3 aromatic carbocycles. The highest BCUT2D eigenvalue weighted by Crippen LogP contribution is 2.44. The molecule has 7 nitrogen and oxygen atoms in total. The number of fused-ring (bicyclic) bond motifs is 1. The monoisotopic (exact) mass is 463 g/mol. The minimum absolute atomic E-state index is 0.362. The SMILES string of the molecule is O=CC1N(Cc2nc(-c3ccc4[nH]ncc4c3)no2)CCCC1(c1ccccc1)c1ccccc1. The molecule has 5 aromatic rings. The summed E-state index contributed by atoms with van der Waals surface area (Å²) in [6.45, 7) is 1.19. The molecule has 6 rings (SSSR count). The molecular formula is C28H25N5O2. The standard InChI is InChI=1S/C28H25N5O2/c34-19-25-28(22-8-3-1-4-9-22,23-10-5-2-6-11-23)14-7-15-33(25)18-26-30-27(32-35-26)20-12-13-24-21(16-20)17-29-31-24/h1-6,8-13,16-17,19,25H,7,14-15,18H2,(H,29,31). The van der Waals surface area contributed by atoms with Crippen LogP contribution in [0.5, 0.6) is 0 Å². The number of carbonyl (C=O) groups is 1. The smallest absolute Gasteiger partial charge is 0.241 e. The van der Waals surface area contributed by atoms with Gasteiger partial charge in [0.15, 0.2) is 0 Å². The van der Waals surface area contributed by atoms with E-state index in [-0.39, 0.29) is 6.04 Å². The number of hydrogen-bond donors (Lipinski definition) is 1. The van der Waals surface area contributed by atoms with Gasteiger partial charge in [0.1, 0.15) is 6.29 Å². The van der Waals surface area contributed by atoms with Gasteiger partial charge in [-0.25, -0.2) is 0 Å². The third-order valence-corrected chi connectivity index (χ3v) is 7.13. The van der Waals surface area contributed by atoms with Crippen LogP contribution >= 0.6 is 0 Å². The van der Waals surface area contributed by atoms with Crippen molar-refractivity contribution >= 4 is 17.2 Å². The third-order valence-electron chi connectivity index (χ3n) is 7.13. The molecule has 1 aliphatic rings. The number of aromatic nitrogens is 4. The molecule has 0 radical (unpaired) electrons. The molecule has 1 fully saturated rings. The Hall–Kier alpha value is -4.10. The van der Waals surface area contributed by atoms with E-state index in [4.69, 9.17) is 4.52 Å². The van der Waals surface area contributed by atoms with Crippen molar-refractivity contribution in [3.63, 3.8) is 0 Å². The Morgan fingerprint density at radius 3 is 2.49 bits per heavy atom. The van der Waals surface area contributed by atoms with Gasteiger partial charge in [-0.3, -0.25) is 10.00 Å². The molecule has 1 aliphatic heterocycles. The lowest BCUT2D eigenvalue weighted by atomic mass is 9.64. The van der Waals surface area contributed by atoms with Crippen molar-refractivity contribution in [1.82, 2.24) is 25.2 Å². The van der Waals surface area contributed by atoms with Crippen molar-refractivity contribution < 1.29 is 9.32 Å². The summed E-state index contributed by atoms with van der Waals surface area (Å²) in [5.41, 5.74) is 3.66. The first-order chi connectivity index (χ1) is 17.3. The summed E-state index contributed by atoms with van der Waals surface area (Å²) in [4.78, 5) is 19.6. The predicted molar refractivity (Wildman–Crippen MR) is 133 cm³/mol. The largest absolute Gasteiger partial charge is 0.338 e. The van der Waals surface area contributed by atoms with Gasteiger partial charge in [-0.1, -0.05) is 65.8 Å². The van der Waals surface area contributed by atoms with E-state index in [0.717, 1.165) is 53.3 Å². The summed E-state index contributed by atoms with van der Waals surface area (Å²) in [7, 11) is 0. The van der Waals surface area contributed by atoms with E-state index in [1.54, 1.807) is 6.20 Å². The fourth-order valence-corrected chi connectivity index (χ4v) is 5.50. The van der Waals surface area contributed by atoms with Crippen LogP contribution in [0.15, 0.2) is 89.6 Å². The Morgan fingerprint density at radius 2 is 1.77 bits per heavy atom. The predicted octanol–water partition coefficient (Wildman–Crippen LogP) is 4.76. The topological polar surface area (TPSA) is 87.9 Å². The van der Waals surface area contributed by atoms with Crippen molar-refractivity contribution in [3.8, 4) is 11.4 Å². The second kappa shape index (κ2) is 8.92. The molecule has 1 N–H and O–H groups in total. The van der Waals surface area contributed by atoms with Crippen LogP contribution in [-0.4, -0.2) is 44.1 Å². The average molecular weight is 464 g/mol. The average Bonchev–Trinajstić information content (AvgIpc) is 3.58. The number of H-pyrrole nitrogens is 1. The van der Waals surface area contributed by atoms with Gasteiger partial charge in [0, 0.05) is 16.4 Å². The van der Waals surface area contributed by atoms with Crippen molar-refractivity contribution in [2.45, 2.75) is 30.8 Å². The molecule has 0 saturated carbocycles. The maximum atomic E-state index is 12.7. The Labute approximate surface area is 202 Å². The summed E-state index contributed by atoms with van der Waals surface area (Å²) in [5.74, 6) is 1.02. The molecule has 1 unspecified atom stereocenters. The Kier molecular flexibility index (Phi) is 5.47. The van der Waals surface area contributed by atoms with E-state index >= 15 is 0 Å². The van der Waals surface area contributed by atoms with E-state index in [2.05, 4.69) is 49.5 Å². The second-order valence-corrected chi connectivity index (χ2v) is 9.04. The quantitative estimate of drug-likeness (QED) is 0.365. The van der Waals surface area contributed by atoms with E-state index in [1.807, 2.05) is 54.6 Å². The van der Waals surface area contributed by atoms with Gasteiger partial charge in [0.25, 0.3) is 0 Å². The van der Waals surface area contributed by atoms with Crippen LogP contribution < -0.4 is 0 Å². The minimum Gasteiger partial charge on any atom is -0.338 e. The first-order valence-corrected chi connectivity index (χ1v) is 11.8. The number of nitrogens with one attached hydrogen (secondary N) is 1. The number of likely N-dealkylation sites (tertiary alicyclic amines) is 1. The zero-order valence-corrected chi connectivity index (χ0v) is 19.2. The van der Waals surface area contributed by atoms with Gasteiger partial charge in [-0.05, 0) is 48.7 Å². The third kappa shape index (κ3) is 3.74. The Balaban J connectivity index is 1.34. The lowest BCUT2D eigenvalue weighted by Gasteiger charge is -2.48. The molecule has 174 valence electrons. The van der Waals surface area contributed by atoms with E-state index in [0.29, 0.717) is 18.3 Å². The van der Waals surface area contributed by atoms with Crippen LogP contribution in [0.3, 0.4) is 0 Å². The zero-order chi connectivity index (χ0) is 23.7. The lowest BCUT2D eigenvalue weighted by molar-refractivity contribution is -0.116. The molecule has 0 amide bonds. The number of aldehydes is 1. The highest BCUT2D eigenvalue weighted by atomic mass is 16.5. The van der Waals surface area contributed by atoms with Gasteiger partial charge in [-0.2, -0.15) is 10.1 Å². The molecule has 2 aromatic heterocycles. The number of benzene rings is 3. The molecular weight excluding hydrogens is 438 g/mol. The summed E-state index contributed by atoms with van der Waals surface area (Å²) < 4.78 is 5.65. The fraction of sp³-hybridized carbons (Fsp3) is 0.214. The van der Waals surface area contributed by atoms with Crippen LogP contribution in [0.4, 0.5) is 0 Å². The summed E-state index contributed by atoms with van der Waals surface area (Å²) in [6, 6.07) is 26.2. The first kappa shape index (κ1) is 21.4. The van der Waals surface area contributed by atoms with Crippen LogP contribution in [-0.2, 0) is 16.8 Å².